The van der Waals surface area contributed by atoms with E-state index in [9.17, 15) is 15.0 Å². The number of methoxy groups -OCH3 is 1. The Hall–Kier alpha value is -1.91. The molecule has 3 saturated carbocycles. The van der Waals surface area contributed by atoms with E-state index in [-0.39, 0.29) is 41.4 Å². The second-order valence-corrected chi connectivity index (χ2v) is 21.9. The molecule has 10 atom stereocenters. The van der Waals surface area contributed by atoms with Crippen LogP contribution >= 0.6 is 21.6 Å². The van der Waals surface area contributed by atoms with Crippen LogP contribution in [0.2, 0.25) is 0 Å². The van der Waals surface area contributed by atoms with Crippen LogP contribution in [0.4, 0.5) is 0 Å². The number of piperidine rings is 1. The normalized spacial score (nSPS) is 39.0. The van der Waals surface area contributed by atoms with Gasteiger partial charge in [0.25, 0.3) is 0 Å². The van der Waals surface area contributed by atoms with Gasteiger partial charge in [-0.3, -0.25) is 4.90 Å². The van der Waals surface area contributed by atoms with Crippen LogP contribution in [0.5, 0.6) is 0 Å². The van der Waals surface area contributed by atoms with Crippen LogP contribution in [0.1, 0.15) is 128 Å². The molecular formula is C48H67NO6S2. The first-order chi connectivity index (χ1) is 27.8. The van der Waals surface area contributed by atoms with Crippen LogP contribution in [0, 0.1) is 40.4 Å². The molecule has 3 saturated heterocycles. The monoisotopic (exact) mass is 817 g/mol. The Labute approximate surface area is 349 Å². The van der Waals surface area contributed by atoms with E-state index in [2.05, 4.69) is 70.7 Å². The molecule has 0 bridgehead atoms. The zero-order valence-corrected chi connectivity index (χ0v) is 36.4. The van der Waals surface area contributed by atoms with E-state index < -0.39 is 12.6 Å². The van der Waals surface area contributed by atoms with Crippen molar-refractivity contribution in [3.63, 3.8) is 0 Å². The Kier molecular flexibility index (Phi) is 12.0. The minimum Gasteiger partial charge on any atom is -0.492 e. The van der Waals surface area contributed by atoms with Gasteiger partial charge in [0.2, 0.25) is 5.76 Å². The van der Waals surface area contributed by atoms with Gasteiger partial charge in [0.05, 0.1) is 19.8 Å². The molecule has 2 N–H and O–H groups in total. The molecule has 3 aliphatic carbocycles. The molecule has 0 amide bonds. The number of nitrogens with zero attached hydrogens (tertiary/aromatic N) is 1. The maximum atomic E-state index is 13.1. The molecule has 57 heavy (non-hydrogen) atoms. The van der Waals surface area contributed by atoms with Gasteiger partial charge >= 0.3 is 5.97 Å². The summed E-state index contributed by atoms with van der Waals surface area (Å²) in [6.07, 6.45) is 24.2. The van der Waals surface area contributed by atoms with Gasteiger partial charge in [-0.1, -0.05) is 91.8 Å². The fourth-order valence-electron chi connectivity index (χ4n) is 14.2. The highest BCUT2D eigenvalue weighted by molar-refractivity contribution is 8.76. The lowest BCUT2D eigenvalue weighted by Crippen LogP contribution is -2.61. The van der Waals surface area contributed by atoms with Gasteiger partial charge < -0.3 is 24.4 Å². The van der Waals surface area contributed by atoms with Crippen molar-refractivity contribution in [2.75, 3.05) is 25.2 Å². The molecule has 8 aliphatic rings. The van der Waals surface area contributed by atoms with Gasteiger partial charge in [-0.25, -0.2) is 4.79 Å². The van der Waals surface area contributed by atoms with Crippen LogP contribution in [-0.2, 0) is 31.8 Å². The van der Waals surface area contributed by atoms with Crippen molar-refractivity contribution in [1.29, 1.82) is 0 Å². The number of aryl methyl sites for hydroxylation is 1. The zero-order chi connectivity index (χ0) is 39.3. The lowest BCUT2D eigenvalue weighted by Gasteiger charge is -2.53. The molecule has 2 spiro atoms. The van der Waals surface area contributed by atoms with E-state index >= 15 is 0 Å². The molecular weight excluding hydrogens is 751 g/mol. The summed E-state index contributed by atoms with van der Waals surface area (Å²) < 4.78 is 18.3. The van der Waals surface area contributed by atoms with Crippen LogP contribution in [0.3, 0.4) is 0 Å². The number of aliphatic hydroxyl groups is 2. The SMILES string of the molecule is CCCCCc1cccc(CC2CC3C(O)CC4C(CCC45CCCC54CCCC4)CSSCC4CC=C5OC(=C6OC(=O)C(CO)=C6OC)C(C)C5C(C2)N43)c1. The van der Waals surface area contributed by atoms with Crippen LogP contribution in [0.15, 0.2) is 59.0 Å². The topological polar surface area (TPSA) is 88.5 Å². The Balaban J connectivity index is 1.09. The first kappa shape index (κ1) is 40.5. The average Bonchev–Trinajstić information content (AvgIpc) is 4.02. The standard InChI is InChI=1S/C48H67NO6S2/c1-4-5-6-11-31-12-9-13-32(22-31)23-33-24-38-40(51)26-37-34(16-21-48(37)20-10-19-47(48)17-7-8-18-47)28-56-57-29-35-14-15-41-42(39(25-33)49(35)38)30(2)43(54-41)45-44(53-3)36(27-50)46(52)55-45/h9,12-13,15,22,30,33-35,37-40,42,50-51H,4-8,10-11,14,16-21,23-29H2,1-3H3. The van der Waals surface area contributed by atoms with E-state index in [1.807, 2.05) is 0 Å². The van der Waals surface area contributed by atoms with Crippen molar-refractivity contribution < 1.29 is 29.2 Å². The number of hydrogen-bond acceptors (Lipinski definition) is 9. The number of rotatable bonds is 8. The van der Waals surface area contributed by atoms with Gasteiger partial charge in [0.1, 0.15) is 11.3 Å². The third-order valence-corrected chi connectivity index (χ3v) is 19.2. The fraction of sp³-hybridized carbons (Fsp3) is 0.729. The molecule has 9 rings (SSSR count). The second kappa shape index (κ2) is 16.9. The number of hydrogen-bond donors (Lipinski definition) is 2. The minimum atomic E-state index is -0.571. The molecule has 1 aromatic rings. The third-order valence-electron chi connectivity index (χ3n) is 16.6. The number of aliphatic hydroxyl groups excluding tert-OH is 2. The number of benzene rings is 1. The highest BCUT2D eigenvalue weighted by Crippen LogP contribution is 2.71. The molecule has 7 nitrogen and oxygen atoms in total. The zero-order valence-electron chi connectivity index (χ0n) is 34.7. The predicted molar refractivity (Wildman–Crippen MR) is 229 cm³/mol. The van der Waals surface area contributed by atoms with Crippen LogP contribution in [-0.4, -0.2) is 70.5 Å². The van der Waals surface area contributed by atoms with E-state index in [1.54, 1.807) is 0 Å². The summed E-state index contributed by atoms with van der Waals surface area (Å²) >= 11 is 0. The summed E-state index contributed by atoms with van der Waals surface area (Å²) in [4.78, 5) is 15.7. The Morgan fingerprint density at radius 1 is 0.965 bits per heavy atom. The van der Waals surface area contributed by atoms with Crippen molar-refractivity contribution in [1.82, 2.24) is 4.90 Å². The summed E-state index contributed by atoms with van der Waals surface area (Å²) in [5.41, 5.74) is 3.92. The first-order valence-corrected chi connectivity index (χ1v) is 25.3. The minimum absolute atomic E-state index is 0.0512. The molecule has 6 fully saturated rings. The van der Waals surface area contributed by atoms with Gasteiger partial charge in [-0.15, -0.1) is 0 Å². The molecule has 312 valence electrons. The van der Waals surface area contributed by atoms with Gasteiger partial charge in [0, 0.05) is 41.5 Å². The van der Waals surface area contributed by atoms with Gasteiger partial charge in [0.15, 0.2) is 11.5 Å². The van der Waals surface area contributed by atoms with Gasteiger partial charge in [-0.05, 0) is 129 Å². The number of unbranched alkanes of at least 4 members (excludes halogenated alkanes) is 2. The van der Waals surface area contributed by atoms with E-state index in [0.717, 1.165) is 50.0 Å². The Morgan fingerprint density at radius 2 is 1.75 bits per heavy atom. The number of allylic oxidation sites excluding steroid dienone is 1. The first-order valence-electron chi connectivity index (χ1n) is 22.8. The molecule has 9 heteroatoms. The molecule has 5 aliphatic heterocycles. The van der Waals surface area contributed by atoms with Crippen molar-refractivity contribution in [3.8, 4) is 0 Å². The molecule has 1 aromatic carbocycles. The van der Waals surface area contributed by atoms with Crippen LogP contribution < -0.4 is 0 Å². The number of fused-ring (bicyclic) bond motifs is 5. The van der Waals surface area contributed by atoms with E-state index in [1.165, 1.54) is 101 Å². The van der Waals surface area contributed by atoms with Crippen molar-refractivity contribution in [2.45, 2.75) is 154 Å². The summed E-state index contributed by atoms with van der Waals surface area (Å²) in [5.74, 6) is 5.55. The molecule has 0 aromatic heterocycles. The number of esters is 1. The number of cyclic esters (lactones) is 1. The summed E-state index contributed by atoms with van der Waals surface area (Å²) in [7, 11) is 5.72. The van der Waals surface area contributed by atoms with E-state index in [4.69, 9.17) is 14.2 Å². The second-order valence-electron chi connectivity index (χ2n) is 19.3. The number of ether oxygens (including phenoxy) is 3. The lowest BCUT2D eigenvalue weighted by atomic mass is 9.57. The van der Waals surface area contributed by atoms with Crippen LogP contribution in [0.25, 0.3) is 0 Å². The molecule has 0 radical (unpaired) electrons. The third kappa shape index (κ3) is 7.17. The largest absolute Gasteiger partial charge is 0.492 e. The Morgan fingerprint density at radius 3 is 2.56 bits per heavy atom. The highest BCUT2D eigenvalue weighted by atomic mass is 33.1. The molecule has 10 unspecified atom stereocenters. The van der Waals surface area contributed by atoms with E-state index in [0.29, 0.717) is 46.1 Å². The maximum absolute atomic E-state index is 13.1. The number of carbonyl (C=O) groups excluding carboxylic acids is 1. The summed E-state index contributed by atoms with van der Waals surface area (Å²) in [6.45, 7) is 4.04. The number of carbonyl (C=O) groups is 1. The highest BCUT2D eigenvalue weighted by Gasteiger charge is 2.63. The van der Waals surface area contributed by atoms with Crippen molar-refractivity contribution in [3.05, 3.63) is 70.1 Å². The maximum Gasteiger partial charge on any atom is 0.345 e. The summed E-state index contributed by atoms with van der Waals surface area (Å²) in [5, 5.41) is 23.2. The van der Waals surface area contributed by atoms with Crippen molar-refractivity contribution in [2.24, 2.45) is 40.4 Å². The fourth-order valence-corrected chi connectivity index (χ4v) is 17.0. The predicted octanol–water partition coefficient (Wildman–Crippen LogP) is 9.91. The van der Waals surface area contributed by atoms with Gasteiger partial charge in [-0.2, -0.15) is 0 Å². The Bertz CT molecular complexity index is 1750. The smallest absolute Gasteiger partial charge is 0.345 e. The summed E-state index contributed by atoms with van der Waals surface area (Å²) in [6, 6.07) is 9.92. The van der Waals surface area contributed by atoms with Crippen molar-refractivity contribution >= 4 is 27.6 Å². The average molecular weight is 818 g/mol. The molecule has 5 heterocycles. The quantitative estimate of drug-likeness (QED) is 0.151. The lowest BCUT2D eigenvalue weighted by molar-refractivity contribution is -0.133.